The van der Waals surface area contributed by atoms with Crippen molar-refractivity contribution in [3.8, 4) is 0 Å². The molecule has 14 heavy (non-hydrogen) atoms. The topological polar surface area (TPSA) is 33.1 Å². The zero-order valence-corrected chi connectivity index (χ0v) is 9.32. The summed E-state index contributed by atoms with van der Waals surface area (Å²) < 4.78 is 25.0. The number of nitrogens with zero attached hydrogens (tertiary/aromatic N) is 1. The predicted molar refractivity (Wildman–Crippen MR) is 52.4 cm³/mol. The molecule has 0 aliphatic heterocycles. The number of rotatable bonds is 3. The van der Waals surface area contributed by atoms with Crippen molar-refractivity contribution in [2.24, 2.45) is 0 Å². The molecule has 1 rings (SSSR count). The first-order valence-electron chi connectivity index (χ1n) is 3.73. The molecule has 1 heterocycles. The standard InChI is InChI=1S/C8H7BrClF2NO/c9-7-6(8(11)12)4(3-14)1-5(2-10)13-7/h1,8,14H,2-3H2. The molecule has 1 aromatic heterocycles. The van der Waals surface area contributed by atoms with E-state index in [-0.39, 0.29) is 21.6 Å². The van der Waals surface area contributed by atoms with Crippen LogP contribution in [0.4, 0.5) is 8.78 Å². The van der Waals surface area contributed by atoms with E-state index in [1.54, 1.807) is 0 Å². The van der Waals surface area contributed by atoms with Gasteiger partial charge in [-0.15, -0.1) is 11.6 Å². The van der Waals surface area contributed by atoms with Gasteiger partial charge >= 0.3 is 0 Å². The van der Waals surface area contributed by atoms with E-state index < -0.39 is 13.0 Å². The normalized spacial score (nSPS) is 11.0. The molecule has 0 spiro atoms. The molecule has 0 unspecified atom stereocenters. The Bertz CT molecular complexity index is 335. The van der Waals surface area contributed by atoms with Crippen LogP contribution in [0.3, 0.4) is 0 Å². The molecule has 0 saturated heterocycles. The van der Waals surface area contributed by atoms with Crippen LogP contribution < -0.4 is 0 Å². The predicted octanol–water partition coefficient (Wildman–Crippen LogP) is 3.01. The third kappa shape index (κ3) is 2.40. The van der Waals surface area contributed by atoms with Crippen LogP contribution in [0, 0.1) is 0 Å². The van der Waals surface area contributed by atoms with Crippen molar-refractivity contribution in [1.29, 1.82) is 0 Å². The minimum absolute atomic E-state index is 0.0368. The minimum Gasteiger partial charge on any atom is -0.392 e. The second-order valence-corrected chi connectivity index (χ2v) is 3.59. The molecule has 1 N–H and O–H groups in total. The lowest BCUT2D eigenvalue weighted by molar-refractivity contribution is 0.145. The summed E-state index contributed by atoms with van der Waals surface area (Å²) >= 11 is 8.43. The van der Waals surface area contributed by atoms with E-state index in [4.69, 9.17) is 16.7 Å². The van der Waals surface area contributed by atoms with Crippen molar-refractivity contribution in [1.82, 2.24) is 4.98 Å². The monoisotopic (exact) mass is 285 g/mol. The summed E-state index contributed by atoms with van der Waals surface area (Å²) in [7, 11) is 0. The fraction of sp³-hybridized carbons (Fsp3) is 0.375. The number of aliphatic hydroxyl groups is 1. The van der Waals surface area contributed by atoms with Crippen molar-refractivity contribution in [3.05, 3.63) is 27.5 Å². The molecule has 0 atom stereocenters. The van der Waals surface area contributed by atoms with Gasteiger partial charge in [-0.05, 0) is 27.6 Å². The van der Waals surface area contributed by atoms with Crippen molar-refractivity contribution in [2.75, 3.05) is 0 Å². The Kier molecular flexibility index (Phi) is 4.22. The Morgan fingerprint density at radius 1 is 1.57 bits per heavy atom. The molecule has 0 radical (unpaired) electrons. The second-order valence-electron chi connectivity index (χ2n) is 2.57. The van der Waals surface area contributed by atoms with E-state index in [2.05, 4.69) is 20.9 Å². The molecule has 2 nitrogen and oxygen atoms in total. The summed E-state index contributed by atoms with van der Waals surface area (Å²) in [6.45, 7) is -0.454. The maximum atomic E-state index is 12.5. The Balaban J connectivity index is 3.27. The molecule has 0 fully saturated rings. The van der Waals surface area contributed by atoms with E-state index in [1.807, 2.05) is 0 Å². The lowest BCUT2D eigenvalue weighted by Gasteiger charge is -2.09. The van der Waals surface area contributed by atoms with Gasteiger partial charge in [0.25, 0.3) is 6.43 Å². The van der Waals surface area contributed by atoms with Gasteiger partial charge in [0.15, 0.2) is 0 Å². The Hall–Kier alpha value is -0.260. The first-order chi connectivity index (χ1) is 6.60. The molecular weight excluding hydrogens is 279 g/mol. The third-order valence-corrected chi connectivity index (χ3v) is 2.55. The molecule has 0 aliphatic rings. The maximum absolute atomic E-state index is 12.5. The summed E-state index contributed by atoms with van der Waals surface area (Å²) in [4.78, 5) is 3.82. The molecular formula is C8H7BrClF2NO. The molecule has 0 amide bonds. The zero-order chi connectivity index (χ0) is 10.7. The minimum atomic E-state index is -2.66. The quantitative estimate of drug-likeness (QED) is 0.684. The molecule has 0 aliphatic carbocycles. The number of halogens is 4. The van der Waals surface area contributed by atoms with Crippen molar-refractivity contribution in [2.45, 2.75) is 18.9 Å². The van der Waals surface area contributed by atoms with E-state index >= 15 is 0 Å². The lowest BCUT2D eigenvalue weighted by Crippen LogP contribution is -2.01. The molecule has 6 heteroatoms. The first-order valence-corrected chi connectivity index (χ1v) is 5.06. The van der Waals surface area contributed by atoms with E-state index in [9.17, 15) is 8.78 Å². The summed E-state index contributed by atoms with van der Waals surface area (Å²) in [6.07, 6.45) is -2.66. The van der Waals surface area contributed by atoms with Crippen LogP contribution in [0.15, 0.2) is 10.7 Å². The number of aromatic nitrogens is 1. The highest BCUT2D eigenvalue weighted by molar-refractivity contribution is 9.10. The Labute approximate surface area is 93.0 Å². The number of aliphatic hydroxyl groups excluding tert-OH is 1. The number of alkyl halides is 3. The van der Waals surface area contributed by atoms with Crippen LogP contribution in [0.1, 0.15) is 23.2 Å². The smallest absolute Gasteiger partial charge is 0.266 e. The van der Waals surface area contributed by atoms with E-state index in [0.717, 1.165) is 0 Å². The highest BCUT2D eigenvalue weighted by Gasteiger charge is 2.18. The lowest BCUT2D eigenvalue weighted by atomic mass is 10.1. The van der Waals surface area contributed by atoms with Crippen LogP contribution in [0.5, 0.6) is 0 Å². The average Bonchev–Trinajstić information content (AvgIpc) is 2.15. The first kappa shape index (κ1) is 11.8. The average molecular weight is 287 g/mol. The van der Waals surface area contributed by atoms with Gasteiger partial charge in [-0.2, -0.15) is 0 Å². The highest BCUT2D eigenvalue weighted by atomic mass is 79.9. The van der Waals surface area contributed by atoms with E-state index in [1.165, 1.54) is 6.07 Å². The Morgan fingerprint density at radius 2 is 2.21 bits per heavy atom. The summed E-state index contributed by atoms with van der Waals surface area (Å²) in [6, 6.07) is 1.37. The van der Waals surface area contributed by atoms with Crippen molar-refractivity contribution in [3.63, 3.8) is 0 Å². The summed E-state index contributed by atoms with van der Waals surface area (Å²) in [5.41, 5.74) is 0.325. The van der Waals surface area contributed by atoms with Crippen LogP contribution in [0.2, 0.25) is 0 Å². The van der Waals surface area contributed by atoms with Gasteiger partial charge in [-0.25, -0.2) is 13.8 Å². The SMILES string of the molecule is OCc1cc(CCl)nc(Br)c1C(F)F. The molecule has 78 valence electrons. The highest BCUT2D eigenvalue weighted by Crippen LogP contribution is 2.30. The van der Waals surface area contributed by atoms with Gasteiger partial charge in [-0.1, -0.05) is 0 Å². The van der Waals surface area contributed by atoms with Crippen LogP contribution >= 0.6 is 27.5 Å². The fourth-order valence-electron chi connectivity index (χ4n) is 1.06. The number of pyridine rings is 1. The van der Waals surface area contributed by atoms with Gasteiger partial charge in [0, 0.05) is 0 Å². The van der Waals surface area contributed by atoms with E-state index in [0.29, 0.717) is 5.69 Å². The number of hydrogen-bond acceptors (Lipinski definition) is 2. The van der Waals surface area contributed by atoms with Crippen molar-refractivity contribution >= 4 is 27.5 Å². The van der Waals surface area contributed by atoms with Gasteiger partial charge in [0.2, 0.25) is 0 Å². The van der Waals surface area contributed by atoms with Gasteiger partial charge < -0.3 is 5.11 Å². The van der Waals surface area contributed by atoms with Gasteiger partial charge in [-0.3, -0.25) is 0 Å². The molecule has 0 bridgehead atoms. The summed E-state index contributed by atoms with van der Waals surface area (Å²) in [5, 5.41) is 8.89. The summed E-state index contributed by atoms with van der Waals surface area (Å²) in [5.74, 6) is 0.120. The third-order valence-electron chi connectivity index (χ3n) is 1.68. The molecule has 0 aromatic carbocycles. The maximum Gasteiger partial charge on any atom is 0.266 e. The largest absolute Gasteiger partial charge is 0.392 e. The molecule has 1 aromatic rings. The molecule has 0 saturated carbocycles. The fourth-order valence-corrected chi connectivity index (χ4v) is 1.85. The van der Waals surface area contributed by atoms with Crippen molar-refractivity contribution < 1.29 is 13.9 Å². The van der Waals surface area contributed by atoms with Crippen LogP contribution in [0.25, 0.3) is 0 Å². The Morgan fingerprint density at radius 3 is 2.64 bits per heavy atom. The van der Waals surface area contributed by atoms with Crippen LogP contribution in [-0.4, -0.2) is 10.1 Å². The second kappa shape index (κ2) is 5.00. The zero-order valence-electron chi connectivity index (χ0n) is 6.98. The van der Waals surface area contributed by atoms with Gasteiger partial charge in [0.05, 0.1) is 23.7 Å². The van der Waals surface area contributed by atoms with Crippen LogP contribution in [-0.2, 0) is 12.5 Å². The van der Waals surface area contributed by atoms with Gasteiger partial charge in [0.1, 0.15) is 4.60 Å². The number of hydrogen-bond donors (Lipinski definition) is 1.